The van der Waals surface area contributed by atoms with Gasteiger partial charge in [0.25, 0.3) is 0 Å². The van der Waals surface area contributed by atoms with Gasteiger partial charge in [-0.25, -0.2) is 4.68 Å². The predicted molar refractivity (Wildman–Crippen MR) is 84.0 cm³/mol. The van der Waals surface area contributed by atoms with Crippen LogP contribution in [0.1, 0.15) is 11.8 Å². The Labute approximate surface area is 136 Å². The van der Waals surface area contributed by atoms with Crippen molar-refractivity contribution in [2.45, 2.75) is 24.7 Å². The molecule has 0 N–H and O–H groups in total. The molecule has 1 saturated heterocycles. The molecule has 3 rings (SSSR count). The molecular weight excluding hydrogens is 322 g/mol. The minimum atomic E-state index is 0.103. The summed E-state index contributed by atoms with van der Waals surface area (Å²) in [5.74, 6) is 0.447. The van der Waals surface area contributed by atoms with Crippen molar-refractivity contribution in [1.29, 1.82) is 0 Å². The van der Waals surface area contributed by atoms with Gasteiger partial charge < -0.3 is 9.64 Å². The number of rotatable bonds is 5. The van der Waals surface area contributed by atoms with Crippen molar-refractivity contribution in [3.63, 3.8) is 0 Å². The van der Waals surface area contributed by atoms with E-state index in [-0.39, 0.29) is 12.0 Å². The lowest BCUT2D eigenvalue weighted by Gasteiger charge is -2.31. The second kappa shape index (κ2) is 7.21. The Balaban J connectivity index is 1.55. The summed E-state index contributed by atoms with van der Waals surface area (Å²) in [4.78, 5) is 15.3. The van der Waals surface area contributed by atoms with Crippen molar-refractivity contribution >= 4 is 29.0 Å². The second-order valence-electron chi connectivity index (χ2n) is 5.01. The Morgan fingerprint density at radius 3 is 3.27 bits per heavy atom. The molecule has 0 radical (unpaired) electrons. The second-order valence-corrected chi connectivity index (χ2v) is 6.98. The van der Waals surface area contributed by atoms with E-state index in [0.29, 0.717) is 37.2 Å². The van der Waals surface area contributed by atoms with Crippen LogP contribution < -0.4 is 0 Å². The van der Waals surface area contributed by atoms with Crippen molar-refractivity contribution in [3.8, 4) is 0 Å². The van der Waals surface area contributed by atoms with Crippen LogP contribution in [0.2, 0.25) is 0 Å². The zero-order chi connectivity index (χ0) is 15.4. The average molecular weight is 339 g/mol. The fraction of sp³-hybridized carbons (Fsp3) is 0.538. The van der Waals surface area contributed by atoms with Gasteiger partial charge in [0.2, 0.25) is 11.1 Å². The molecule has 2 aromatic heterocycles. The molecule has 0 aromatic carbocycles. The van der Waals surface area contributed by atoms with Crippen molar-refractivity contribution in [2.75, 3.05) is 25.4 Å². The molecule has 1 aliphatic heterocycles. The number of carbonyl (C=O) groups is 1. The minimum absolute atomic E-state index is 0.103. The molecule has 0 spiro atoms. The highest BCUT2D eigenvalue weighted by atomic mass is 32.2. The number of thiophene rings is 1. The van der Waals surface area contributed by atoms with Gasteiger partial charge in [0.15, 0.2) is 0 Å². The Morgan fingerprint density at radius 2 is 2.50 bits per heavy atom. The summed E-state index contributed by atoms with van der Waals surface area (Å²) >= 11 is 3.04. The van der Waals surface area contributed by atoms with Crippen molar-refractivity contribution in [1.82, 2.24) is 25.1 Å². The van der Waals surface area contributed by atoms with E-state index in [4.69, 9.17) is 4.74 Å². The lowest BCUT2D eigenvalue weighted by atomic mass is 10.3. The lowest BCUT2D eigenvalue weighted by Crippen LogP contribution is -2.45. The summed E-state index contributed by atoms with van der Waals surface area (Å²) in [5.41, 5.74) is 0. The van der Waals surface area contributed by atoms with Crippen LogP contribution in [0.4, 0.5) is 0 Å². The van der Waals surface area contributed by atoms with E-state index in [1.54, 1.807) is 16.0 Å². The van der Waals surface area contributed by atoms with Gasteiger partial charge in [0, 0.05) is 18.0 Å². The van der Waals surface area contributed by atoms with E-state index in [1.165, 1.54) is 16.6 Å². The Morgan fingerprint density at radius 1 is 1.59 bits per heavy atom. The molecule has 9 heteroatoms. The maximum atomic E-state index is 12.2. The topological polar surface area (TPSA) is 73.1 Å². The molecule has 2 aromatic rings. The SMILES string of the molecule is CC1CN(C(=O)CSc2nnnn2Cc2cccs2)CCO1. The highest BCUT2D eigenvalue weighted by molar-refractivity contribution is 7.99. The molecular formula is C13H17N5O2S2. The predicted octanol–water partition coefficient (Wildman–Crippen LogP) is 1.12. The van der Waals surface area contributed by atoms with Gasteiger partial charge in [-0.2, -0.15) is 0 Å². The molecule has 1 unspecified atom stereocenters. The maximum Gasteiger partial charge on any atom is 0.233 e. The van der Waals surface area contributed by atoms with Crippen LogP contribution in [0.15, 0.2) is 22.7 Å². The van der Waals surface area contributed by atoms with Crippen molar-refractivity contribution in [2.24, 2.45) is 0 Å². The smallest absolute Gasteiger partial charge is 0.233 e. The molecule has 1 amide bonds. The average Bonchev–Trinajstić information content (AvgIpc) is 3.17. The van der Waals surface area contributed by atoms with Crippen LogP contribution in [0.3, 0.4) is 0 Å². The highest BCUT2D eigenvalue weighted by Gasteiger charge is 2.22. The first kappa shape index (κ1) is 15.4. The van der Waals surface area contributed by atoms with Crippen LogP contribution in [-0.4, -0.2) is 62.6 Å². The lowest BCUT2D eigenvalue weighted by molar-refractivity contribution is -0.135. The number of carbonyl (C=O) groups excluding carboxylic acids is 1. The number of thioether (sulfide) groups is 1. The van der Waals surface area contributed by atoms with E-state index in [2.05, 4.69) is 15.5 Å². The molecule has 22 heavy (non-hydrogen) atoms. The molecule has 1 atom stereocenters. The number of aromatic nitrogens is 4. The third-order valence-corrected chi connectivity index (χ3v) is 5.11. The number of nitrogens with zero attached hydrogens (tertiary/aromatic N) is 5. The van der Waals surface area contributed by atoms with Crippen molar-refractivity contribution in [3.05, 3.63) is 22.4 Å². The van der Waals surface area contributed by atoms with Crippen LogP contribution in [-0.2, 0) is 16.1 Å². The minimum Gasteiger partial charge on any atom is -0.375 e. The molecule has 3 heterocycles. The molecule has 7 nitrogen and oxygen atoms in total. The standard InChI is InChI=1S/C13H17N5O2S2/c1-10-7-17(4-5-20-10)12(19)9-22-13-14-15-16-18(13)8-11-3-2-6-21-11/h2-3,6,10H,4-5,7-9H2,1H3. The van der Waals surface area contributed by atoms with Crippen LogP contribution in [0, 0.1) is 0 Å². The summed E-state index contributed by atoms with van der Waals surface area (Å²) in [6.07, 6.45) is 0.104. The quantitative estimate of drug-likeness (QED) is 0.760. The Hall–Kier alpha value is -1.45. The van der Waals surface area contributed by atoms with Gasteiger partial charge in [0.05, 0.1) is 25.0 Å². The van der Waals surface area contributed by atoms with E-state index < -0.39 is 0 Å². The van der Waals surface area contributed by atoms with E-state index in [1.807, 2.05) is 29.3 Å². The van der Waals surface area contributed by atoms with Crippen molar-refractivity contribution < 1.29 is 9.53 Å². The largest absolute Gasteiger partial charge is 0.375 e. The van der Waals surface area contributed by atoms with E-state index >= 15 is 0 Å². The molecule has 118 valence electrons. The van der Waals surface area contributed by atoms with Crippen LogP contribution in [0.5, 0.6) is 0 Å². The number of hydrogen-bond acceptors (Lipinski definition) is 7. The van der Waals surface area contributed by atoms with Gasteiger partial charge >= 0.3 is 0 Å². The third kappa shape index (κ3) is 3.84. The Bertz CT molecular complexity index is 616. The summed E-state index contributed by atoms with van der Waals surface area (Å²) in [5, 5.41) is 14.4. The first-order chi connectivity index (χ1) is 10.7. The summed E-state index contributed by atoms with van der Waals surface area (Å²) < 4.78 is 7.18. The molecule has 0 saturated carbocycles. The zero-order valence-corrected chi connectivity index (χ0v) is 13.8. The van der Waals surface area contributed by atoms with Gasteiger partial charge in [-0.15, -0.1) is 16.4 Å². The number of hydrogen-bond donors (Lipinski definition) is 0. The van der Waals surface area contributed by atoms with Gasteiger partial charge in [-0.05, 0) is 28.8 Å². The van der Waals surface area contributed by atoms with Gasteiger partial charge in [-0.1, -0.05) is 17.8 Å². The van der Waals surface area contributed by atoms with Crippen LogP contribution >= 0.6 is 23.1 Å². The molecule has 0 bridgehead atoms. The zero-order valence-electron chi connectivity index (χ0n) is 12.2. The number of amides is 1. The van der Waals surface area contributed by atoms with E-state index in [9.17, 15) is 4.79 Å². The number of morpholine rings is 1. The molecule has 1 aliphatic rings. The van der Waals surface area contributed by atoms with E-state index in [0.717, 1.165) is 0 Å². The number of ether oxygens (including phenoxy) is 1. The number of tetrazole rings is 1. The molecule has 0 aliphatic carbocycles. The first-order valence-electron chi connectivity index (χ1n) is 7.03. The summed E-state index contributed by atoms with van der Waals surface area (Å²) in [6.45, 7) is 4.53. The maximum absolute atomic E-state index is 12.2. The van der Waals surface area contributed by atoms with Crippen LogP contribution in [0.25, 0.3) is 0 Å². The third-order valence-electron chi connectivity index (χ3n) is 3.30. The monoisotopic (exact) mass is 339 g/mol. The fourth-order valence-corrected chi connectivity index (χ4v) is 3.68. The summed E-state index contributed by atoms with van der Waals surface area (Å²) in [7, 11) is 0. The fourth-order valence-electron chi connectivity index (χ4n) is 2.21. The van der Waals surface area contributed by atoms with Gasteiger partial charge in [-0.3, -0.25) is 4.79 Å². The highest BCUT2D eigenvalue weighted by Crippen LogP contribution is 2.18. The Kier molecular flexibility index (Phi) is 5.06. The molecule has 1 fully saturated rings. The van der Waals surface area contributed by atoms with Gasteiger partial charge in [0.1, 0.15) is 0 Å². The first-order valence-corrected chi connectivity index (χ1v) is 8.89. The normalized spacial score (nSPS) is 18.6. The summed E-state index contributed by atoms with van der Waals surface area (Å²) in [6, 6.07) is 4.04.